The highest BCUT2D eigenvalue weighted by atomic mass is 32.2. The first-order valence-corrected chi connectivity index (χ1v) is 5.68. The van der Waals surface area contributed by atoms with Crippen LogP contribution in [0.3, 0.4) is 0 Å². The van der Waals surface area contributed by atoms with Gasteiger partial charge in [-0.1, -0.05) is 25.1 Å². The van der Waals surface area contributed by atoms with Crippen LogP contribution in [0.15, 0.2) is 18.2 Å². The van der Waals surface area contributed by atoms with Gasteiger partial charge in [-0.3, -0.25) is 0 Å². The molecule has 3 heteroatoms. The van der Waals surface area contributed by atoms with Gasteiger partial charge in [0, 0.05) is 5.75 Å². The molecule has 0 aliphatic rings. The molecule has 0 saturated heterocycles. The zero-order valence-electron chi connectivity index (χ0n) is 8.26. The van der Waals surface area contributed by atoms with Crippen LogP contribution in [0.2, 0.25) is 0 Å². The lowest BCUT2D eigenvalue weighted by Gasteiger charge is -2.10. The van der Waals surface area contributed by atoms with Crippen molar-refractivity contribution in [1.82, 2.24) is 0 Å². The van der Waals surface area contributed by atoms with Gasteiger partial charge in [0.05, 0.1) is 5.69 Å². The molecular weight excluding hydrogens is 182 g/mol. The van der Waals surface area contributed by atoms with E-state index in [2.05, 4.69) is 4.72 Å². The summed E-state index contributed by atoms with van der Waals surface area (Å²) >= 11 is 0. The zero-order valence-corrected chi connectivity index (χ0v) is 9.07. The molecule has 0 bridgehead atoms. The molecule has 0 amide bonds. The highest BCUT2D eigenvalue weighted by Gasteiger charge is 2.03. The van der Waals surface area contributed by atoms with Gasteiger partial charge in [-0.2, -0.15) is 0 Å². The van der Waals surface area contributed by atoms with E-state index < -0.39 is 11.0 Å². The normalized spacial score (nSPS) is 12.5. The van der Waals surface area contributed by atoms with Gasteiger partial charge < -0.3 is 4.72 Å². The Kier molecular flexibility index (Phi) is 3.48. The summed E-state index contributed by atoms with van der Waals surface area (Å²) in [5.41, 5.74) is 3.28. The van der Waals surface area contributed by atoms with Gasteiger partial charge >= 0.3 is 0 Å². The van der Waals surface area contributed by atoms with Crippen molar-refractivity contribution in [3.8, 4) is 0 Å². The Labute approximate surface area is 82.0 Å². The number of rotatable bonds is 3. The maximum absolute atomic E-state index is 11.3. The van der Waals surface area contributed by atoms with Crippen LogP contribution in [0, 0.1) is 13.8 Å². The maximum Gasteiger partial charge on any atom is 0.116 e. The van der Waals surface area contributed by atoms with Crippen LogP contribution < -0.4 is 4.72 Å². The van der Waals surface area contributed by atoms with E-state index in [1.54, 1.807) is 0 Å². The molecule has 2 nitrogen and oxygen atoms in total. The standard InChI is InChI=1S/C10H15NOS/c1-4-13(12)11-10-8(2)6-5-7-9(10)3/h5-7,11H,4H2,1-3H3/t13-/m1/s1. The van der Waals surface area contributed by atoms with Crippen molar-refractivity contribution in [3.63, 3.8) is 0 Å². The second-order valence-corrected chi connectivity index (χ2v) is 4.48. The van der Waals surface area contributed by atoms with Gasteiger partial charge in [-0.05, 0) is 25.0 Å². The van der Waals surface area contributed by atoms with Gasteiger partial charge in [-0.15, -0.1) is 0 Å². The first-order valence-electron chi connectivity index (χ1n) is 4.36. The van der Waals surface area contributed by atoms with Crippen molar-refractivity contribution in [2.45, 2.75) is 20.8 Å². The summed E-state index contributed by atoms with van der Waals surface area (Å²) in [6.45, 7) is 5.93. The average Bonchev–Trinajstić information content (AvgIpc) is 2.11. The maximum atomic E-state index is 11.3. The van der Waals surface area contributed by atoms with Gasteiger partial charge in [0.25, 0.3) is 0 Å². The number of hydrogen-bond acceptors (Lipinski definition) is 1. The van der Waals surface area contributed by atoms with E-state index >= 15 is 0 Å². The van der Waals surface area contributed by atoms with E-state index in [-0.39, 0.29) is 0 Å². The predicted octanol–water partition coefficient (Wildman–Crippen LogP) is 2.40. The Morgan fingerprint density at radius 1 is 1.31 bits per heavy atom. The number of benzene rings is 1. The summed E-state index contributed by atoms with van der Waals surface area (Å²) in [4.78, 5) is 0. The minimum atomic E-state index is -0.949. The molecule has 0 heterocycles. The molecule has 0 aliphatic carbocycles. The van der Waals surface area contributed by atoms with Crippen molar-refractivity contribution < 1.29 is 4.21 Å². The van der Waals surface area contributed by atoms with E-state index in [4.69, 9.17) is 0 Å². The largest absolute Gasteiger partial charge is 0.305 e. The van der Waals surface area contributed by atoms with Crippen LogP contribution >= 0.6 is 0 Å². The van der Waals surface area contributed by atoms with E-state index in [1.807, 2.05) is 39.0 Å². The molecule has 0 unspecified atom stereocenters. The lowest BCUT2D eigenvalue weighted by Crippen LogP contribution is -2.08. The molecule has 1 aromatic rings. The second kappa shape index (κ2) is 4.42. The van der Waals surface area contributed by atoms with Crippen molar-refractivity contribution in [2.75, 3.05) is 10.5 Å². The predicted molar refractivity (Wildman–Crippen MR) is 58.2 cm³/mol. The van der Waals surface area contributed by atoms with Gasteiger partial charge in [0.1, 0.15) is 11.0 Å². The zero-order chi connectivity index (χ0) is 9.84. The molecule has 0 fully saturated rings. The van der Waals surface area contributed by atoms with Gasteiger partial charge in [-0.25, -0.2) is 4.21 Å². The number of anilines is 1. The quantitative estimate of drug-likeness (QED) is 0.792. The molecule has 1 aromatic carbocycles. The van der Waals surface area contributed by atoms with E-state index in [0.717, 1.165) is 16.8 Å². The highest BCUT2D eigenvalue weighted by molar-refractivity contribution is 7.86. The first kappa shape index (κ1) is 10.3. The number of hydrogen-bond donors (Lipinski definition) is 1. The van der Waals surface area contributed by atoms with Crippen molar-refractivity contribution >= 4 is 16.7 Å². The smallest absolute Gasteiger partial charge is 0.116 e. The molecule has 1 atom stereocenters. The Morgan fingerprint density at radius 3 is 2.31 bits per heavy atom. The van der Waals surface area contributed by atoms with Crippen molar-refractivity contribution in [1.29, 1.82) is 0 Å². The van der Waals surface area contributed by atoms with Crippen molar-refractivity contribution in [3.05, 3.63) is 29.3 Å². The SMILES string of the molecule is CC[S@@](=O)Nc1c(C)cccc1C. The number of aryl methyl sites for hydroxylation is 2. The Hall–Kier alpha value is -0.830. The Bertz CT molecular complexity index is 302. The average molecular weight is 197 g/mol. The third-order valence-electron chi connectivity index (χ3n) is 1.96. The van der Waals surface area contributed by atoms with Crippen LogP contribution in [0.4, 0.5) is 5.69 Å². The third kappa shape index (κ3) is 2.56. The minimum absolute atomic E-state index is 0.633. The van der Waals surface area contributed by atoms with Gasteiger partial charge in [0.2, 0.25) is 0 Å². The molecule has 0 aliphatic heterocycles. The molecule has 0 saturated carbocycles. The molecule has 0 spiro atoms. The van der Waals surface area contributed by atoms with Crippen LogP contribution in [-0.2, 0) is 11.0 Å². The Balaban J connectivity index is 2.93. The molecule has 0 aromatic heterocycles. The lowest BCUT2D eigenvalue weighted by molar-refractivity contribution is 0.687. The van der Waals surface area contributed by atoms with Crippen LogP contribution in [-0.4, -0.2) is 9.96 Å². The first-order chi connectivity index (χ1) is 6.15. The van der Waals surface area contributed by atoms with E-state index in [9.17, 15) is 4.21 Å². The fourth-order valence-corrected chi connectivity index (χ4v) is 1.86. The third-order valence-corrected chi connectivity index (χ3v) is 2.92. The molecule has 1 N–H and O–H groups in total. The van der Waals surface area contributed by atoms with E-state index in [0.29, 0.717) is 5.75 Å². The summed E-state index contributed by atoms with van der Waals surface area (Å²) in [5, 5.41) is 0. The second-order valence-electron chi connectivity index (χ2n) is 3.00. The molecule has 13 heavy (non-hydrogen) atoms. The summed E-state index contributed by atoms with van der Waals surface area (Å²) in [5.74, 6) is 0.633. The molecule has 1 rings (SSSR count). The fraction of sp³-hybridized carbons (Fsp3) is 0.400. The molecule has 0 radical (unpaired) electrons. The lowest BCUT2D eigenvalue weighted by atomic mass is 10.1. The summed E-state index contributed by atoms with van der Waals surface area (Å²) in [6, 6.07) is 6.04. The molecular formula is C10H15NOS. The van der Waals surface area contributed by atoms with Gasteiger partial charge in [0.15, 0.2) is 0 Å². The summed E-state index contributed by atoms with van der Waals surface area (Å²) < 4.78 is 14.3. The number of nitrogens with one attached hydrogen (secondary N) is 1. The number of para-hydroxylation sites is 1. The fourth-order valence-electron chi connectivity index (χ4n) is 1.16. The van der Waals surface area contributed by atoms with Crippen molar-refractivity contribution in [2.24, 2.45) is 0 Å². The summed E-state index contributed by atoms with van der Waals surface area (Å²) in [7, 11) is -0.949. The monoisotopic (exact) mass is 197 g/mol. The highest BCUT2D eigenvalue weighted by Crippen LogP contribution is 2.19. The Morgan fingerprint density at radius 2 is 1.85 bits per heavy atom. The molecule has 72 valence electrons. The van der Waals surface area contributed by atoms with E-state index in [1.165, 1.54) is 0 Å². The topological polar surface area (TPSA) is 29.1 Å². The summed E-state index contributed by atoms with van der Waals surface area (Å²) in [6.07, 6.45) is 0. The van der Waals surface area contributed by atoms with Crippen LogP contribution in [0.25, 0.3) is 0 Å². The van der Waals surface area contributed by atoms with Crippen LogP contribution in [0.1, 0.15) is 18.1 Å². The van der Waals surface area contributed by atoms with Crippen LogP contribution in [0.5, 0.6) is 0 Å². The minimum Gasteiger partial charge on any atom is -0.305 e.